The van der Waals surface area contributed by atoms with E-state index >= 15 is 0 Å². The summed E-state index contributed by atoms with van der Waals surface area (Å²) in [7, 11) is -3.11. The van der Waals surface area contributed by atoms with Crippen molar-refractivity contribution in [3.63, 3.8) is 0 Å². The van der Waals surface area contributed by atoms with Gasteiger partial charge in [0, 0.05) is 9.85 Å². The largest absolute Gasteiger partial charge is 0.329 e. The Labute approximate surface area is 66.5 Å². The monoisotopic (exact) mass is 200 g/mol. The number of rotatable bonds is 6. The second-order valence-corrected chi connectivity index (χ2v) is 2.54. The van der Waals surface area contributed by atoms with Gasteiger partial charge in [0.15, 0.2) is 0 Å². The standard InChI is InChI=1S/C2H5N2O7P/c5-3(6)1-10-12(9)11-2-4(7)8/h12H,1-2H2. The summed E-state index contributed by atoms with van der Waals surface area (Å²) in [5.74, 6) is 0. The molecular weight excluding hydrogens is 195 g/mol. The molecule has 70 valence electrons. The Morgan fingerprint density at radius 2 is 1.42 bits per heavy atom. The Kier molecular flexibility index (Phi) is 5.09. The second kappa shape index (κ2) is 5.58. The van der Waals surface area contributed by atoms with Crippen LogP contribution in [0.1, 0.15) is 0 Å². The third-order valence-electron chi connectivity index (χ3n) is 0.576. The third kappa shape index (κ3) is 7.06. The Morgan fingerprint density at radius 3 is 1.67 bits per heavy atom. The van der Waals surface area contributed by atoms with Gasteiger partial charge >= 0.3 is 21.7 Å². The summed E-state index contributed by atoms with van der Waals surface area (Å²) in [5, 5.41) is 19.2. The lowest BCUT2D eigenvalue weighted by atomic mass is 11.4. The zero-order valence-corrected chi connectivity index (χ0v) is 6.67. The molecular formula is C2H5N2O7P. The molecule has 0 aromatic heterocycles. The minimum atomic E-state index is -3.11. The van der Waals surface area contributed by atoms with Crippen molar-refractivity contribution in [1.29, 1.82) is 0 Å². The van der Waals surface area contributed by atoms with Gasteiger partial charge in [0.05, 0.1) is 0 Å². The fourth-order valence-electron chi connectivity index (χ4n) is 0.252. The van der Waals surface area contributed by atoms with Crippen LogP contribution >= 0.6 is 8.25 Å². The molecule has 0 heterocycles. The molecule has 0 amide bonds. The zero-order valence-electron chi connectivity index (χ0n) is 5.67. The normalized spacial score (nSPS) is 10.1. The molecule has 12 heavy (non-hydrogen) atoms. The van der Waals surface area contributed by atoms with Crippen LogP contribution in [0.5, 0.6) is 0 Å². The first-order valence-electron chi connectivity index (χ1n) is 2.55. The highest BCUT2D eigenvalue weighted by Crippen LogP contribution is 2.22. The van der Waals surface area contributed by atoms with Crippen molar-refractivity contribution in [2.24, 2.45) is 0 Å². The molecule has 0 aliphatic rings. The van der Waals surface area contributed by atoms with E-state index in [1.54, 1.807) is 0 Å². The number of nitro groups is 2. The van der Waals surface area contributed by atoms with Crippen molar-refractivity contribution >= 4 is 8.25 Å². The van der Waals surface area contributed by atoms with Crippen molar-refractivity contribution < 1.29 is 23.5 Å². The molecule has 0 aromatic carbocycles. The van der Waals surface area contributed by atoms with E-state index in [-0.39, 0.29) is 0 Å². The lowest BCUT2D eigenvalue weighted by Gasteiger charge is -1.96. The van der Waals surface area contributed by atoms with Crippen molar-refractivity contribution in [3.05, 3.63) is 20.2 Å². The van der Waals surface area contributed by atoms with Gasteiger partial charge in [-0.1, -0.05) is 0 Å². The van der Waals surface area contributed by atoms with Crippen LogP contribution < -0.4 is 0 Å². The molecule has 0 rings (SSSR count). The van der Waals surface area contributed by atoms with Crippen LogP contribution in [0.15, 0.2) is 0 Å². The maximum Gasteiger partial charge on any atom is 0.329 e. The van der Waals surface area contributed by atoms with E-state index < -0.39 is 31.6 Å². The summed E-state index contributed by atoms with van der Waals surface area (Å²) in [6.07, 6.45) is 0. The van der Waals surface area contributed by atoms with Gasteiger partial charge in [0.1, 0.15) is 0 Å². The Hall–Kier alpha value is -1.05. The lowest BCUT2D eigenvalue weighted by Crippen LogP contribution is -2.04. The van der Waals surface area contributed by atoms with Gasteiger partial charge in [0.25, 0.3) is 0 Å². The van der Waals surface area contributed by atoms with Gasteiger partial charge in [-0.2, -0.15) is 0 Å². The van der Waals surface area contributed by atoms with Gasteiger partial charge in [-0.25, -0.2) is 9.05 Å². The summed E-state index contributed by atoms with van der Waals surface area (Å²) >= 11 is 0. The van der Waals surface area contributed by atoms with Gasteiger partial charge in [0.2, 0.25) is 0 Å². The predicted octanol–water partition coefficient (Wildman–Crippen LogP) is -0.122. The van der Waals surface area contributed by atoms with Crippen LogP contribution in [-0.4, -0.2) is 23.3 Å². The molecule has 0 bridgehead atoms. The minimum Gasteiger partial charge on any atom is -0.263 e. The molecule has 0 spiro atoms. The zero-order chi connectivity index (χ0) is 9.56. The number of hydrogen-bond donors (Lipinski definition) is 0. The van der Waals surface area contributed by atoms with Gasteiger partial charge in [-0.3, -0.25) is 24.8 Å². The van der Waals surface area contributed by atoms with E-state index in [1.807, 2.05) is 0 Å². The van der Waals surface area contributed by atoms with E-state index in [0.717, 1.165) is 0 Å². The van der Waals surface area contributed by atoms with Crippen molar-refractivity contribution in [3.8, 4) is 0 Å². The Morgan fingerprint density at radius 1 is 1.08 bits per heavy atom. The molecule has 9 nitrogen and oxygen atoms in total. The molecule has 0 atom stereocenters. The number of nitrogens with zero attached hydrogens (tertiary/aromatic N) is 2. The minimum absolute atomic E-state index is 0.877. The van der Waals surface area contributed by atoms with Crippen LogP contribution in [0.4, 0.5) is 0 Å². The summed E-state index contributed by atoms with van der Waals surface area (Å²) < 4.78 is 18.3. The van der Waals surface area contributed by atoms with Crippen molar-refractivity contribution in [2.75, 3.05) is 13.5 Å². The molecule has 0 fully saturated rings. The fourth-order valence-corrected chi connectivity index (χ4v) is 0.757. The Balaban J connectivity index is 3.47. The highest BCUT2D eigenvalue weighted by Gasteiger charge is 2.07. The lowest BCUT2D eigenvalue weighted by molar-refractivity contribution is -0.521. The van der Waals surface area contributed by atoms with Crippen LogP contribution in [0.3, 0.4) is 0 Å². The highest BCUT2D eigenvalue weighted by atomic mass is 31.1. The van der Waals surface area contributed by atoms with Gasteiger partial charge < -0.3 is 0 Å². The number of hydrogen-bond acceptors (Lipinski definition) is 7. The first kappa shape index (κ1) is 11.0. The summed E-state index contributed by atoms with van der Waals surface area (Å²) in [6.45, 7) is -1.98. The molecule has 0 unspecified atom stereocenters. The van der Waals surface area contributed by atoms with Crippen molar-refractivity contribution in [2.45, 2.75) is 0 Å². The predicted molar refractivity (Wildman–Crippen MR) is 34.9 cm³/mol. The van der Waals surface area contributed by atoms with Gasteiger partial charge in [-0.15, -0.1) is 0 Å². The molecule has 0 saturated carbocycles. The second-order valence-electron chi connectivity index (χ2n) is 1.46. The maximum atomic E-state index is 10.4. The molecule has 0 radical (unpaired) electrons. The maximum absolute atomic E-state index is 10.4. The molecule has 0 saturated heterocycles. The van der Waals surface area contributed by atoms with Crippen molar-refractivity contribution in [1.82, 2.24) is 0 Å². The quantitative estimate of drug-likeness (QED) is 0.253. The van der Waals surface area contributed by atoms with Crippen LogP contribution in [-0.2, 0) is 13.6 Å². The third-order valence-corrected chi connectivity index (χ3v) is 1.31. The average Bonchev–Trinajstić information content (AvgIpc) is 1.96. The summed E-state index contributed by atoms with van der Waals surface area (Å²) in [5.41, 5.74) is 0. The smallest absolute Gasteiger partial charge is 0.263 e. The van der Waals surface area contributed by atoms with E-state index in [9.17, 15) is 24.8 Å². The van der Waals surface area contributed by atoms with Crippen LogP contribution in [0.25, 0.3) is 0 Å². The van der Waals surface area contributed by atoms with Crippen LogP contribution in [0, 0.1) is 20.2 Å². The first-order chi connectivity index (χ1) is 5.52. The first-order valence-corrected chi connectivity index (χ1v) is 3.78. The molecule has 0 aliphatic heterocycles. The van der Waals surface area contributed by atoms with E-state index in [1.165, 1.54) is 0 Å². The highest BCUT2D eigenvalue weighted by molar-refractivity contribution is 7.33. The van der Waals surface area contributed by atoms with E-state index in [0.29, 0.717) is 0 Å². The summed E-state index contributed by atoms with van der Waals surface area (Å²) in [6, 6.07) is 0. The fraction of sp³-hybridized carbons (Fsp3) is 1.00. The average molecular weight is 200 g/mol. The van der Waals surface area contributed by atoms with Crippen LogP contribution in [0.2, 0.25) is 0 Å². The van der Waals surface area contributed by atoms with Gasteiger partial charge in [-0.05, 0) is 0 Å². The Bertz CT molecular complexity index is 184. The molecule has 10 heteroatoms. The van der Waals surface area contributed by atoms with E-state index in [4.69, 9.17) is 0 Å². The topological polar surface area (TPSA) is 122 Å². The molecule has 0 aromatic rings. The SMILES string of the molecule is O=[N+]([O-])CO[PH](=O)OC[N+](=O)[O-]. The molecule has 0 aliphatic carbocycles. The molecule has 0 N–H and O–H groups in total. The van der Waals surface area contributed by atoms with E-state index in [2.05, 4.69) is 9.05 Å². The summed E-state index contributed by atoms with van der Waals surface area (Å²) in [4.78, 5) is 17.5.